The van der Waals surface area contributed by atoms with Gasteiger partial charge in [0, 0.05) is 25.7 Å². The van der Waals surface area contributed by atoms with E-state index in [2.05, 4.69) is 52.0 Å². The van der Waals surface area contributed by atoms with Crippen LogP contribution in [0.3, 0.4) is 0 Å². The molecule has 3 aromatic rings. The Hall–Kier alpha value is -1.54. The maximum atomic E-state index is 5.94. The van der Waals surface area contributed by atoms with Crippen molar-refractivity contribution in [2.75, 3.05) is 6.61 Å². The van der Waals surface area contributed by atoms with E-state index in [0.717, 1.165) is 18.8 Å². The molecule has 0 amide bonds. The van der Waals surface area contributed by atoms with E-state index < -0.39 is 0 Å². The molecule has 3 rings (SSSR count). The standard InChI is InChI=1S/C24H32OS/c1-5-7-8-9-10-11-19-12-13-20-21-14-15-22(25-16-6-2)18(4)24(21)26-23(20)17(19)3/h12-15H,5-11,16H2,1-4H3. The van der Waals surface area contributed by atoms with Gasteiger partial charge in [0.05, 0.1) is 6.61 Å². The molecule has 0 saturated carbocycles. The first kappa shape index (κ1) is 19.2. The van der Waals surface area contributed by atoms with Gasteiger partial charge in [-0.3, -0.25) is 0 Å². The third-order valence-electron chi connectivity index (χ3n) is 5.38. The highest BCUT2D eigenvalue weighted by atomic mass is 32.1. The molecule has 0 spiro atoms. The summed E-state index contributed by atoms with van der Waals surface area (Å²) in [6.07, 6.45) is 8.99. The van der Waals surface area contributed by atoms with Gasteiger partial charge < -0.3 is 4.74 Å². The van der Waals surface area contributed by atoms with E-state index >= 15 is 0 Å². The van der Waals surface area contributed by atoms with Gasteiger partial charge in [-0.2, -0.15) is 0 Å². The van der Waals surface area contributed by atoms with Crippen LogP contribution in [0.15, 0.2) is 24.3 Å². The lowest BCUT2D eigenvalue weighted by Crippen LogP contribution is -1.96. The molecule has 0 aliphatic rings. The summed E-state index contributed by atoms with van der Waals surface area (Å²) in [5.74, 6) is 1.04. The SMILES string of the molecule is CCCCCCCc1ccc2c(sc3c(C)c(OCCC)ccc32)c1C. The van der Waals surface area contributed by atoms with Crippen molar-refractivity contribution in [3.05, 3.63) is 41.0 Å². The first-order valence-corrected chi connectivity index (χ1v) is 11.1. The maximum absolute atomic E-state index is 5.94. The van der Waals surface area contributed by atoms with Crippen LogP contribution in [-0.4, -0.2) is 6.61 Å². The number of aryl methyl sites for hydroxylation is 3. The average Bonchev–Trinajstić information content (AvgIpc) is 3.03. The van der Waals surface area contributed by atoms with Crippen molar-refractivity contribution in [2.24, 2.45) is 0 Å². The fourth-order valence-corrected chi connectivity index (χ4v) is 5.07. The van der Waals surface area contributed by atoms with Gasteiger partial charge in [-0.1, -0.05) is 51.7 Å². The Morgan fingerprint density at radius 3 is 2.19 bits per heavy atom. The maximum Gasteiger partial charge on any atom is 0.123 e. The van der Waals surface area contributed by atoms with Crippen LogP contribution in [0.25, 0.3) is 20.2 Å². The zero-order valence-electron chi connectivity index (χ0n) is 16.8. The van der Waals surface area contributed by atoms with Crippen LogP contribution in [0.5, 0.6) is 5.75 Å². The summed E-state index contributed by atoms with van der Waals surface area (Å²) >= 11 is 1.94. The summed E-state index contributed by atoms with van der Waals surface area (Å²) in [6, 6.07) is 9.10. The lowest BCUT2D eigenvalue weighted by molar-refractivity contribution is 0.316. The molecule has 0 radical (unpaired) electrons. The number of thiophene rings is 1. The molecule has 1 nitrogen and oxygen atoms in total. The molecule has 26 heavy (non-hydrogen) atoms. The molecule has 2 heteroatoms. The highest BCUT2D eigenvalue weighted by molar-refractivity contribution is 7.26. The first-order valence-electron chi connectivity index (χ1n) is 10.2. The van der Waals surface area contributed by atoms with E-state index in [-0.39, 0.29) is 0 Å². The largest absolute Gasteiger partial charge is 0.493 e. The Morgan fingerprint density at radius 1 is 0.769 bits per heavy atom. The van der Waals surface area contributed by atoms with Gasteiger partial charge in [0.2, 0.25) is 0 Å². The van der Waals surface area contributed by atoms with Crippen molar-refractivity contribution in [1.82, 2.24) is 0 Å². The number of unbranched alkanes of at least 4 members (excludes halogenated alkanes) is 4. The minimum absolute atomic E-state index is 0.790. The number of hydrogen-bond acceptors (Lipinski definition) is 2. The van der Waals surface area contributed by atoms with E-state index in [9.17, 15) is 0 Å². The number of benzene rings is 2. The summed E-state index contributed by atoms with van der Waals surface area (Å²) in [6.45, 7) is 9.73. The predicted molar refractivity (Wildman–Crippen MR) is 117 cm³/mol. The van der Waals surface area contributed by atoms with Crippen LogP contribution < -0.4 is 4.74 Å². The molecular weight excluding hydrogens is 336 g/mol. The lowest BCUT2D eigenvalue weighted by Gasteiger charge is -2.08. The van der Waals surface area contributed by atoms with Crippen LogP contribution in [0.2, 0.25) is 0 Å². The second-order valence-corrected chi connectivity index (χ2v) is 8.43. The van der Waals surface area contributed by atoms with E-state index in [0.29, 0.717) is 0 Å². The molecule has 0 N–H and O–H groups in total. The summed E-state index contributed by atoms with van der Waals surface area (Å²) in [4.78, 5) is 0. The topological polar surface area (TPSA) is 9.23 Å². The average molecular weight is 369 g/mol. The van der Waals surface area contributed by atoms with Crippen LogP contribution in [0.4, 0.5) is 0 Å². The van der Waals surface area contributed by atoms with E-state index in [1.165, 1.54) is 75.4 Å². The summed E-state index contributed by atoms with van der Waals surface area (Å²) < 4.78 is 8.78. The number of fused-ring (bicyclic) bond motifs is 3. The van der Waals surface area contributed by atoms with Crippen molar-refractivity contribution in [3.8, 4) is 5.75 Å². The smallest absolute Gasteiger partial charge is 0.123 e. The van der Waals surface area contributed by atoms with Crippen molar-refractivity contribution < 1.29 is 4.74 Å². The van der Waals surface area contributed by atoms with Gasteiger partial charge >= 0.3 is 0 Å². The Labute approximate surface area is 162 Å². The second kappa shape index (κ2) is 8.90. The first-order chi connectivity index (χ1) is 12.7. The number of rotatable bonds is 9. The quantitative estimate of drug-likeness (QED) is 0.348. The molecule has 0 atom stereocenters. The molecule has 140 valence electrons. The second-order valence-electron chi connectivity index (χ2n) is 7.41. The van der Waals surface area contributed by atoms with Gasteiger partial charge in [-0.25, -0.2) is 0 Å². The monoisotopic (exact) mass is 368 g/mol. The van der Waals surface area contributed by atoms with Crippen LogP contribution in [-0.2, 0) is 6.42 Å². The van der Waals surface area contributed by atoms with E-state index in [1.54, 1.807) is 0 Å². The molecule has 0 unspecified atom stereocenters. The van der Waals surface area contributed by atoms with Crippen LogP contribution in [0.1, 0.15) is 69.1 Å². The third kappa shape index (κ3) is 3.91. The number of hydrogen-bond donors (Lipinski definition) is 0. The highest BCUT2D eigenvalue weighted by Crippen LogP contribution is 2.41. The number of ether oxygens (including phenoxy) is 1. The Morgan fingerprint density at radius 2 is 1.46 bits per heavy atom. The summed E-state index contributed by atoms with van der Waals surface area (Å²) in [5.41, 5.74) is 4.30. The molecule has 1 aromatic heterocycles. The molecule has 0 fully saturated rings. The summed E-state index contributed by atoms with van der Waals surface area (Å²) in [7, 11) is 0. The van der Waals surface area contributed by atoms with Crippen molar-refractivity contribution >= 4 is 31.5 Å². The zero-order chi connectivity index (χ0) is 18.5. The predicted octanol–water partition coefficient (Wildman–Crippen LogP) is 7.97. The molecule has 0 aliphatic carbocycles. The molecule has 0 saturated heterocycles. The minimum Gasteiger partial charge on any atom is -0.493 e. The Kier molecular flexibility index (Phi) is 6.58. The van der Waals surface area contributed by atoms with Crippen LogP contribution in [0, 0.1) is 13.8 Å². The van der Waals surface area contributed by atoms with Crippen molar-refractivity contribution in [1.29, 1.82) is 0 Å². The van der Waals surface area contributed by atoms with Gasteiger partial charge in [0.15, 0.2) is 0 Å². The van der Waals surface area contributed by atoms with Crippen LogP contribution >= 0.6 is 11.3 Å². The van der Waals surface area contributed by atoms with Gasteiger partial charge in [-0.15, -0.1) is 11.3 Å². The van der Waals surface area contributed by atoms with Gasteiger partial charge in [0.1, 0.15) is 5.75 Å². The van der Waals surface area contributed by atoms with E-state index in [1.807, 2.05) is 11.3 Å². The van der Waals surface area contributed by atoms with Gasteiger partial charge in [-0.05, 0) is 56.4 Å². The van der Waals surface area contributed by atoms with Crippen molar-refractivity contribution in [2.45, 2.75) is 72.6 Å². The fourth-order valence-electron chi connectivity index (χ4n) is 3.75. The summed E-state index contributed by atoms with van der Waals surface area (Å²) in [5, 5.41) is 2.78. The Balaban J connectivity index is 1.90. The molecule has 2 aromatic carbocycles. The molecular formula is C24H32OS. The molecule has 1 heterocycles. The minimum atomic E-state index is 0.790. The molecule has 0 aliphatic heterocycles. The van der Waals surface area contributed by atoms with Gasteiger partial charge in [0.25, 0.3) is 0 Å². The van der Waals surface area contributed by atoms with Crippen molar-refractivity contribution in [3.63, 3.8) is 0 Å². The highest BCUT2D eigenvalue weighted by Gasteiger charge is 2.13. The third-order valence-corrected chi connectivity index (χ3v) is 6.84. The fraction of sp³-hybridized carbons (Fsp3) is 0.500. The normalized spacial score (nSPS) is 11.5. The molecule has 0 bridgehead atoms. The Bertz CT molecular complexity index is 875. The lowest BCUT2D eigenvalue weighted by atomic mass is 9.99. The van der Waals surface area contributed by atoms with E-state index in [4.69, 9.17) is 4.74 Å². The zero-order valence-corrected chi connectivity index (χ0v) is 17.6.